The molecule has 10 heteroatoms. The molecule has 3 aromatic rings. The van der Waals surface area contributed by atoms with Crippen LogP contribution < -0.4 is 10.2 Å². The van der Waals surface area contributed by atoms with Gasteiger partial charge in [-0.3, -0.25) is 4.79 Å². The second-order valence-corrected chi connectivity index (χ2v) is 10.0. The first-order valence-electron chi connectivity index (χ1n) is 12.4. The number of alkyl halides is 3. The maximum atomic E-state index is 13.0. The summed E-state index contributed by atoms with van der Waals surface area (Å²) in [6.07, 6.45) is 1.98. The van der Waals surface area contributed by atoms with Crippen LogP contribution in [0.15, 0.2) is 48.8 Å². The summed E-state index contributed by atoms with van der Waals surface area (Å²) in [6, 6.07) is 10.4. The number of hydrogen-bond donors (Lipinski definition) is 2. The third kappa shape index (κ3) is 5.68. The maximum Gasteiger partial charge on any atom is 0.433 e. The predicted molar refractivity (Wildman–Crippen MR) is 134 cm³/mol. The number of carboxylic acids is 1. The van der Waals surface area contributed by atoms with Gasteiger partial charge >= 0.3 is 12.1 Å². The zero-order valence-corrected chi connectivity index (χ0v) is 20.4. The van der Waals surface area contributed by atoms with E-state index in [1.54, 1.807) is 6.20 Å². The largest absolute Gasteiger partial charge is 0.481 e. The summed E-state index contributed by atoms with van der Waals surface area (Å²) in [5.41, 5.74) is 2.26. The van der Waals surface area contributed by atoms with Crippen LogP contribution in [0.1, 0.15) is 36.9 Å². The molecule has 2 fully saturated rings. The summed E-state index contributed by atoms with van der Waals surface area (Å²) < 4.78 is 39.0. The number of nitrogens with one attached hydrogen (secondary N) is 1. The van der Waals surface area contributed by atoms with Crippen molar-refractivity contribution in [3.05, 3.63) is 60.0 Å². The average molecular weight is 512 g/mol. The van der Waals surface area contributed by atoms with Gasteiger partial charge in [0.1, 0.15) is 11.5 Å². The molecule has 2 unspecified atom stereocenters. The summed E-state index contributed by atoms with van der Waals surface area (Å²) in [7, 11) is 0. The van der Waals surface area contributed by atoms with Crippen molar-refractivity contribution in [2.24, 2.45) is 17.8 Å². The van der Waals surface area contributed by atoms with Crippen molar-refractivity contribution in [3.63, 3.8) is 0 Å². The summed E-state index contributed by atoms with van der Waals surface area (Å²) >= 11 is 0. The first-order valence-corrected chi connectivity index (χ1v) is 12.4. The Bertz CT molecular complexity index is 1280. The molecule has 1 saturated heterocycles. The van der Waals surface area contributed by atoms with E-state index < -0.39 is 17.8 Å². The first-order chi connectivity index (χ1) is 17.7. The van der Waals surface area contributed by atoms with Crippen LogP contribution >= 0.6 is 0 Å². The van der Waals surface area contributed by atoms with Gasteiger partial charge in [-0.1, -0.05) is 12.5 Å². The fourth-order valence-corrected chi connectivity index (χ4v) is 5.35. The SMILES string of the molecule is Cc1cc(Nc2nccc(C(F)(F)F)n2)cc(-c2ccc(N3CC(C4CCCC(C(=O)O)C4)C3)nc2)c1. The second-order valence-electron chi connectivity index (χ2n) is 10.0. The molecule has 1 saturated carbocycles. The Morgan fingerprint density at radius 2 is 1.86 bits per heavy atom. The molecule has 0 bridgehead atoms. The molecular weight excluding hydrogens is 483 g/mol. The quantitative estimate of drug-likeness (QED) is 0.423. The van der Waals surface area contributed by atoms with E-state index in [9.17, 15) is 23.1 Å². The molecule has 0 spiro atoms. The van der Waals surface area contributed by atoms with Crippen molar-refractivity contribution in [2.75, 3.05) is 23.3 Å². The summed E-state index contributed by atoms with van der Waals surface area (Å²) in [5.74, 6) is 0.847. The van der Waals surface area contributed by atoms with Gasteiger partial charge in [0, 0.05) is 36.7 Å². The van der Waals surface area contributed by atoms with Gasteiger partial charge in [-0.25, -0.2) is 15.0 Å². The van der Waals surface area contributed by atoms with Crippen LogP contribution in [0.3, 0.4) is 0 Å². The number of carbonyl (C=O) groups is 1. The predicted octanol–water partition coefficient (Wildman–Crippen LogP) is 5.94. The number of anilines is 3. The molecule has 1 aliphatic carbocycles. The van der Waals surface area contributed by atoms with Gasteiger partial charge in [-0.05, 0) is 79.5 Å². The number of pyridine rings is 1. The molecule has 2 N–H and O–H groups in total. The Morgan fingerprint density at radius 3 is 2.57 bits per heavy atom. The van der Waals surface area contributed by atoms with E-state index in [0.29, 0.717) is 17.5 Å². The molecule has 7 nitrogen and oxygen atoms in total. The molecule has 0 amide bonds. The number of aliphatic carboxylic acids is 1. The highest BCUT2D eigenvalue weighted by Crippen LogP contribution is 2.39. The van der Waals surface area contributed by atoms with E-state index >= 15 is 0 Å². The number of hydrogen-bond acceptors (Lipinski definition) is 6. The van der Waals surface area contributed by atoms with E-state index in [1.165, 1.54) is 0 Å². The number of aromatic nitrogens is 3. The lowest BCUT2D eigenvalue weighted by molar-refractivity contribution is -0.144. The molecule has 2 atom stereocenters. The molecule has 37 heavy (non-hydrogen) atoms. The highest BCUT2D eigenvalue weighted by molar-refractivity contribution is 5.71. The van der Waals surface area contributed by atoms with Gasteiger partial charge in [-0.2, -0.15) is 13.2 Å². The van der Waals surface area contributed by atoms with E-state index in [1.807, 2.05) is 37.3 Å². The second kappa shape index (κ2) is 9.99. The topological polar surface area (TPSA) is 91.2 Å². The number of aryl methyl sites for hydroxylation is 1. The minimum Gasteiger partial charge on any atom is -0.481 e. The first kappa shape index (κ1) is 25.0. The molecule has 194 valence electrons. The Balaban J connectivity index is 1.24. The monoisotopic (exact) mass is 511 g/mol. The zero-order valence-electron chi connectivity index (χ0n) is 20.4. The number of halogens is 3. The third-order valence-electron chi connectivity index (χ3n) is 7.33. The lowest BCUT2D eigenvalue weighted by atomic mass is 9.72. The van der Waals surface area contributed by atoms with Gasteiger partial charge in [0.2, 0.25) is 5.95 Å². The van der Waals surface area contributed by atoms with Crippen LogP contribution in [-0.4, -0.2) is 39.1 Å². The van der Waals surface area contributed by atoms with Crippen molar-refractivity contribution >= 4 is 23.4 Å². The smallest absolute Gasteiger partial charge is 0.433 e. The normalized spacial score (nSPS) is 20.4. The summed E-state index contributed by atoms with van der Waals surface area (Å²) in [6.45, 7) is 3.68. The zero-order chi connectivity index (χ0) is 26.2. The van der Waals surface area contributed by atoms with Gasteiger partial charge in [0.05, 0.1) is 5.92 Å². The lowest BCUT2D eigenvalue weighted by Crippen LogP contribution is -2.51. The lowest BCUT2D eigenvalue weighted by Gasteiger charge is -2.46. The number of nitrogens with zero attached hydrogens (tertiary/aromatic N) is 4. The Kier molecular flexibility index (Phi) is 6.74. The maximum absolute atomic E-state index is 13.0. The van der Waals surface area contributed by atoms with Crippen molar-refractivity contribution in [1.29, 1.82) is 0 Å². The van der Waals surface area contributed by atoms with Crippen LogP contribution in [0, 0.1) is 24.7 Å². The van der Waals surface area contributed by atoms with Gasteiger partial charge in [0.25, 0.3) is 0 Å². The molecule has 1 aliphatic heterocycles. The van der Waals surface area contributed by atoms with E-state index in [2.05, 4.69) is 25.2 Å². The van der Waals surface area contributed by atoms with Crippen molar-refractivity contribution in [3.8, 4) is 11.1 Å². The minimum atomic E-state index is -4.54. The fourth-order valence-electron chi connectivity index (χ4n) is 5.35. The molecule has 5 rings (SSSR count). The Morgan fingerprint density at radius 1 is 1.05 bits per heavy atom. The molecule has 0 radical (unpaired) electrons. The van der Waals surface area contributed by atoms with Crippen LogP contribution in [0.5, 0.6) is 0 Å². The highest BCUT2D eigenvalue weighted by atomic mass is 19.4. The van der Waals surface area contributed by atoms with Crippen LogP contribution in [0.4, 0.5) is 30.6 Å². The van der Waals surface area contributed by atoms with E-state index in [4.69, 9.17) is 0 Å². The molecule has 2 aromatic heterocycles. The number of benzene rings is 1. The van der Waals surface area contributed by atoms with Crippen molar-refractivity contribution in [2.45, 2.75) is 38.8 Å². The average Bonchev–Trinajstić information content (AvgIpc) is 2.83. The van der Waals surface area contributed by atoms with Gasteiger partial charge in [-0.15, -0.1) is 0 Å². The fraction of sp³-hybridized carbons (Fsp3) is 0.407. The highest BCUT2D eigenvalue weighted by Gasteiger charge is 2.38. The molecule has 3 heterocycles. The van der Waals surface area contributed by atoms with Crippen molar-refractivity contribution < 1.29 is 23.1 Å². The number of rotatable bonds is 6. The Labute approximate surface area is 212 Å². The van der Waals surface area contributed by atoms with Crippen LogP contribution in [0.2, 0.25) is 0 Å². The van der Waals surface area contributed by atoms with Gasteiger partial charge < -0.3 is 15.3 Å². The van der Waals surface area contributed by atoms with Gasteiger partial charge in [0.15, 0.2) is 0 Å². The van der Waals surface area contributed by atoms with Crippen LogP contribution in [-0.2, 0) is 11.0 Å². The molecule has 1 aromatic carbocycles. The molecule has 2 aliphatic rings. The standard InChI is InChI=1S/C27H28F3N5O2/c1-16-9-20(12-22(10-16)33-26-31-8-7-23(34-26)27(28,29)30)19-5-6-24(32-13-19)35-14-21(15-35)17-3-2-4-18(11-17)25(36)37/h5-10,12-13,17-18,21H,2-4,11,14-15H2,1H3,(H,36,37)(H,31,33,34). The minimum absolute atomic E-state index is 0.125. The van der Waals surface area contributed by atoms with Crippen molar-refractivity contribution in [1.82, 2.24) is 15.0 Å². The van der Waals surface area contributed by atoms with E-state index in [0.717, 1.165) is 73.5 Å². The Hall–Kier alpha value is -3.69. The number of carboxylic acid groups (broad SMARTS) is 1. The van der Waals surface area contributed by atoms with E-state index in [-0.39, 0.29) is 11.9 Å². The molecular formula is C27H28F3N5O2. The summed E-state index contributed by atoms with van der Waals surface area (Å²) in [4.78, 5) is 25.7. The summed E-state index contributed by atoms with van der Waals surface area (Å²) in [5, 5.41) is 12.2. The third-order valence-corrected chi connectivity index (χ3v) is 7.33. The van der Waals surface area contributed by atoms with Crippen LogP contribution in [0.25, 0.3) is 11.1 Å².